The molecule has 1 aliphatic heterocycles. The van der Waals surface area contributed by atoms with E-state index in [1.54, 1.807) is 11.7 Å². The number of carbonyl (C=O) groups excluding carboxylic acids is 1. The van der Waals surface area contributed by atoms with Crippen molar-refractivity contribution in [1.82, 2.24) is 29.9 Å². The summed E-state index contributed by atoms with van der Waals surface area (Å²) in [5, 5.41) is 11.1. The van der Waals surface area contributed by atoms with Gasteiger partial charge >= 0.3 is 6.03 Å². The van der Waals surface area contributed by atoms with E-state index >= 15 is 0 Å². The van der Waals surface area contributed by atoms with Crippen LogP contribution in [0.15, 0.2) is 30.6 Å². The van der Waals surface area contributed by atoms with Crippen LogP contribution in [0.25, 0.3) is 11.2 Å². The van der Waals surface area contributed by atoms with Gasteiger partial charge in [0, 0.05) is 38.9 Å². The molecule has 134 valence electrons. The van der Waals surface area contributed by atoms with Gasteiger partial charge in [0.05, 0.1) is 0 Å². The maximum Gasteiger partial charge on any atom is 0.321 e. The van der Waals surface area contributed by atoms with E-state index in [0.29, 0.717) is 37.3 Å². The van der Waals surface area contributed by atoms with E-state index in [2.05, 4.69) is 30.5 Å². The molecule has 0 bridgehead atoms. The highest BCUT2D eigenvalue weighted by Gasteiger charge is 2.24. The van der Waals surface area contributed by atoms with Crippen molar-refractivity contribution in [3.8, 4) is 0 Å². The van der Waals surface area contributed by atoms with E-state index in [1.807, 2.05) is 36.1 Å². The largest absolute Gasteiger partial charge is 0.351 e. The number of anilines is 2. The first-order valence-corrected chi connectivity index (χ1v) is 8.50. The van der Waals surface area contributed by atoms with Gasteiger partial charge in [0.25, 0.3) is 0 Å². The zero-order chi connectivity index (χ0) is 18.1. The summed E-state index contributed by atoms with van der Waals surface area (Å²) in [6, 6.07) is 7.70. The molecule has 9 heteroatoms. The van der Waals surface area contributed by atoms with E-state index < -0.39 is 0 Å². The Morgan fingerprint density at radius 2 is 1.81 bits per heavy atom. The number of hydrogen-bond acceptors (Lipinski definition) is 6. The van der Waals surface area contributed by atoms with Crippen molar-refractivity contribution < 1.29 is 4.79 Å². The Bertz CT molecular complexity index is 928. The lowest BCUT2D eigenvalue weighted by molar-refractivity contribution is 0.208. The summed E-state index contributed by atoms with van der Waals surface area (Å²) >= 11 is 0. The number of amides is 2. The minimum atomic E-state index is -0.0826. The molecule has 1 fully saturated rings. The maximum absolute atomic E-state index is 12.5. The molecule has 1 saturated heterocycles. The molecular weight excluding hydrogens is 332 g/mol. The molecule has 0 atom stereocenters. The third-order valence-electron chi connectivity index (χ3n) is 4.54. The lowest BCUT2D eigenvalue weighted by atomic mass is 10.2. The minimum absolute atomic E-state index is 0.0826. The number of fused-ring (bicyclic) bond motifs is 1. The standard InChI is InChI=1S/C17H20N8O/c1-12-3-5-13(6-4-12)20-17(26)25-9-7-24(8-10-25)16-14-15(18-11-19-16)23(2)22-21-14/h3-6,11H,7-10H2,1-2H3,(H,20,26). The summed E-state index contributed by atoms with van der Waals surface area (Å²) in [6.07, 6.45) is 1.53. The van der Waals surface area contributed by atoms with Crippen LogP contribution in [-0.2, 0) is 7.05 Å². The molecule has 0 saturated carbocycles. The Morgan fingerprint density at radius 3 is 2.54 bits per heavy atom. The monoisotopic (exact) mass is 352 g/mol. The lowest BCUT2D eigenvalue weighted by Crippen LogP contribution is -2.50. The van der Waals surface area contributed by atoms with E-state index in [9.17, 15) is 4.79 Å². The zero-order valence-electron chi connectivity index (χ0n) is 14.8. The van der Waals surface area contributed by atoms with E-state index in [4.69, 9.17) is 0 Å². The van der Waals surface area contributed by atoms with Crippen molar-refractivity contribution >= 4 is 28.7 Å². The molecule has 0 spiro atoms. The molecule has 1 aromatic carbocycles. The number of aryl methyl sites for hydroxylation is 2. The molecule has 9 nitrogen and oxygen atoms in total. The summed E-state index contributed by atoms with van der Waals surface area (Å²) in [6.45, 7) is 4.62. The Labute approximate surface area is 150 Å². The molecule has 3 heterocycles. The predicted molar refractivity (Wildman–Crippen MR) is 98.1 cm³/mol. The van der Waals surface area contributed by atoms with Crippen LogP contribution in [0, 0.1) is 6.92 Å². The molecule has 1 N–H and O–H groups in total. The minimum Gasteiger partial charge on any atom is -0.351 e. The van der Waals surface area contributed by atoms with Gasteiger partial charge in [-0.15, -0.1) is 5.10 Å². The number of nitrogens with one attached hydrogen (secondary N) is 1. The van der Waals surface area contributed by atoms with E-state index in [0.717, 1.165) is 17.1 Å². The highest BCUT2D eigenvalue weighted by Crippen LogP contribution is 2.21. The van der Waals surface area contributed by atoms with Gasteiger partial charge < -0.3 is 15.1 Å². The summed E-state index contributed by atoms with van der Waals surface area (Å²) in [5.41, 5.74) is 3.36. The fourth-order valence-corrected chi connectivity index (χ4v) is 3.03. The second kappa shape index (κ2) is 6.58. The average Bonchev–Trinajstić information content (AvgIpc) is 3.05. The Morgan fingerprint density at radius 1 is 1.08 bits per heavy atom. The number of nitrogens with zero attached hydrogens (tertiary/aromatic N) is 7. The highest BCUT2D eigenvalue weighted by molar-refractivity contribution is 5.89. The summed E-state index contributed by atoms with van der Waals surface area (Å²) in [7, 11) is 1.81. The van der Waals surface area contributed by atoms with Gasteiger partial charge in [0.15, 0.2) is 17.0 Å². The quantitative estimate of drug-likeness (QED) is 0.750. The van der Waals surface area contributed by atoms with Crippen molar-refractivity contribution in [3.05, 3.63) is 36.2 Å². The summed E-state index contributed by atoms with van der Waals surface area (Å²) in [4.78, 5) is 25.0. The number of carbonyl (C=O) groups is 1. The van der Waals surface area contributed by atoms with Gasteiger partial charge in [-0.2, -0.15) is 0 Å². The van der Waals surface area contributed by atoms with Crippen molar-refractivity contribution in [2.24, 2.45) is 7.05 Å². The maximum atomic E-state index is 12.5. The van der Waals surface area contributed by atoms with Crippen LogP contribution in [0.5, 0.6) is 0 Å². The first-order chi connectivity index (χ1) is 12.6. The SMILES string of the molecule is Cc1ccc(NC(=O)N2CCN(c3ncnc4c3nnn4C)CC2)cc1. The smallest absolute Gasteiger partial charge is 0.321 e. The van der Waals surface area contributed by atoms with E-state index in [-0.39, 0.29) is 6.03 Å². The van der Waals surface area contributed by atoms with Crippen LogP contribution < -0.4 is 10.2 Å². The third-order valence-corrected chi connectivity index (χ3v) is 4.54. The molecule has 0 aliphatic carbocycles. The van der Waals surface area contributed by atoms with Crippen LogP contribution in [-0.4, -0.2) is 62.1 Å². The van der Waals surface area contributed by atoms with Crippen LogP contribution in [0.4, 0.5) is 16.3 Å². The number of piperazine rings is 1. The Balaban J connectivity index is 1.42. The van der Waals surface area contributed by atoms with Crippen molar-refractivity contribution in [3.63, 3.8) is 0 Å². The van der Waals surface area contributed by atoms with Crippen molar-refractivity contribution in [1.29, 1.82) is 0 Å². The van der Waals surface area contributed by atoms with Crippen LogP contribution in [0.1, 0.15) is 5.56 Å². The average molecular weight is 352 g/mol. The molecule has 2 aromatic heterocycles. The number of rotatable bonds is 2. The topological polar surface area (TPSA) is 92.1 Å². The van der Waals surface area contributed by atoms with Crippen LogP contribution in [0.2, 0.25) is 0 Å². The molecule has 4 rings (SSSR count). The Hall–Kier alpha value is -3.23. The van der Waals surface area contributed by atoms with Gasteiger partial charge in [-0.05, 0) is 19.1 Å². The fourth-order valence-electron chi connectivity index (χ4n) is 3.03. The van der Waals surface area contributed by atoms with Gasteiger partial charge in [-0.3, -0.25) is 0 Å². The van der Waals surface area contributed by atoms with Crippen LogP contribution >= 0.6 is 0 Å². The first-order valence-electron chi connectivity index (χ1n) is 8.50. The third kappa shape index (κ3) is 3.03. The van der Waals surface area contributed by atoms with Gasteiger partial charge in [-0.25, -0.2) is 19.4 Å². The molecule has 0 unspecified atom stereocenters. The van der Waals surface area contributed by atoms with Crippen molar-refractivity contribution in [2.45, 2.75) is 6.92 Å². The number of aromatic nitrogens is 5. The molecule has 0 radical (unpaired) electrons. The first kappa shape index (κ1) is 16.2. The highest BCUT2D eigenvalue weighted by atomic mass is 16.2. The molecular formula is C17H20N8O. The van der Waals surface area contributed by atoms with E-state index in [1.165, 1.54) is 6.33 Å². The van der Waals surface area contributed by atoms with Gasteiger partial charge in [0.1, 0.15) is 6.33 Å². The second-order valence-corrected chi connectivity index (χ2v) is 6.35. The van der Waals surface area contributed by atoms with Crippen LogP contribution in [0.3, 0.4) is 0 Å². The normalized spacial score (nSPS) is 14.7. The lowest BCUT2D eigenvalue weighted by Gasteiger charge is -2.35. The van der Waals surface area contributed by atoms with Gasteiger partial charge in [0.2, 0.25) is 0 Å². The predicted octanol–water partition coefficient (Wildman–Crippen LogP) is 1.42. The summed E-state index contributed by atoms with van der Waals surface area (Å²) < 4.78 is 1.63. The summed E-state index contributed by atoms with van der Waals surface area (Å²) in [5.74, 6) is 0.765. The van der Waals surface area contributed by atoms with Gasteiger partial charge in [-0.1, -0.05) is 22.9 Å². The zero-order valence-corrected chi connectivity index (χ0v) is 14.8. The number of urea groups is 1. The van der Waals surface area contributed by atoms with Crippen molar-refractivity contribution in [2.75, 3.05) is 36.4 Å². The number of hydrogen-bond donors (Lipinski definition) is 1. The molecule has 3 aromatic rings. The second-order valence-electron chi connectivity index (χ2n) is 6.35. The Kier molecular flexibility index (Phi) is 4.11. The molecule has 2 amide bonds. The fraction of sp³-hybridized carbons (Fsp3) is 0.353. The number of benzene rings is 1. The molecule has 26 heavy (non-hydrogen) atoms. The molecule has 1 aliphatic rings.